The smallest absolute Gasteiger partial charge is 0.238 e. The summed E-state index contributed by atoms with van der Waals surface area (Å²) in [6.45, 7) is 1.95. The summed E-state index contributed by atoms with van der Waals surface area (Å²) in [6, 6.07) is 20.2. The van der Waals surface area contributed by atoms with Gasteiger partial charge in [-0.25, -0.2) is 13.6 Å². The van der Waals surface area contributed by atoms with Gasteiger partial charge in [-0.3, -0.25) is 0 Å². The maximum Gasteiger partial charge on any atom is 0.238 e. The molecule has 0 amide bonds. The van der Waals surface area contributed by atoms with Crippen molar-refractivity contribution < 1.29 is 13.2 Å². The predicted molar refractivity (Wildman–Crippen MR) is 130 cm³/mol. The molecule has 0 fully saturated rings. The van der Waals surface area contributed by atoms with Gasteiger partial charge in [0, 0.05) is 11.6 Å². The molecular weight excluding hydrogens is 523 g/mol. The number of sulfonamides is 1. The molecule has 166 valence electrons. The van der Waals surface area contributed by atoms with Crippen LogP contribution in [0, 0.1) is 0 Å². The van der Waals surface area contributed by atoms with Crippen molar-refractivity contribution in [3.63, 3.8) is 0 Å². The van der Waals surface area contributed by atoms with E-state index < -0.39 is 10.0 Å². The van der Waals surface area contributed by atoms with Gasteiger partial charge in [-0.1, -0.05) is 41.9 Å². The Hall–Kier alpha value is -1.61. The minimum absolute atomic E-state index is 0. The molecule has 0 heterocycles. The lowest BCUT2D eigenvalue weighted by atomic mass is 10.1. The highest BCUT2D eigenvalue weighted by Crippen LogP contribution is 2.27. The van der Waals surface area contributed by atoms with E-state index in [1.165, 1.54) is 12.1 Å². The molecule has 31 heavy (non-hydrogen) atoms. The number of rotatable bonds is 9. The molecule has 3 aromatic rings. The van der Waals surface area contributed by atoms with Crippen LogP contribution in [0.1, 0.15) is 16.7 Å². The van der Waals surface area contributed by atoms with Crippen molar-refractivity contribution in [2.75, 3.05) is 6.54 Å². The van der Waals surface area contributed by atoms with Gasteiger partial charge in [0.15, 0.2) is 0 Å². The van der Waals surface area contributed by atoms with Gasteiger partial charge in [-0.05, 0) is 82.0 Å². The van der Waals surface area contributed by atoms with Crippen LogP contribution in [0.5, 0.6) is 5.75 Å². The van der Waals surface area contributed by atoms with Crippen LogP contribution < -0.4 is 15.2 Å². The van der Waals surface area contributed by atoms with E-state index in [0.717, 1.165) is 39.9 Å². The molecule has 0 aromatic heterocycles. The molecule has 0 aliphatic heterocycles. The lowest BCUT2D eigenvalue weighted by Crippen LogP contribution is -2.17. The number of ether oxygens (including phenoxy) is 1. The van der Waals surface area contributed by atoms with Crippen molar-refractivity contribution >= 4 is 50.0 Å². The fourth-order valence-electron chi connectivity index (χ4n) is 2.82. The molecule has 0 saturated heterocycles. The highest BCUT2D eigenvalue weighted by Gasteiger charge is 2.07. The van der Waals surface area contributed by atoms with E-state index in [1.807, 2.05) is 42.5 Å². The highest BCUT2D eigenvalue weighted by atomic mass is 79.9. The van der Waals surface area contributed by atoms with Gasteiger partial charge in [0.1, 0.15) is 12.4 Å². The fourth-order valence-corrected chi connectivity index (χ4v) is 4.01. The maximum absolute atomic E-state index is 11.3. The first-order chi connectivity index (χ1) is 14.3. The molecule has 0 bridgehead atoms. The Kier molecular flexibility index (Phi) is 9.81. The second-order valence-electron chi connectivity index (χ2n) is 6.80. The zero-order chi connectivity index (χ0) is 21.6. The van der Waals surface area contributed by atoms with E-state index in [4.69, 9.17) is 21.5 Å². The number of hydrogen-bond acceptors (Lipinski definition) is 4. The summed E-state index contributed by atoms with van der Waals surface area (Å²) >= 11 is 9.47. The lowest BCUT2D eigenvalue weighted by molar-refractivity contribution is 0.304. The molecular formula is C22H23BrCl2N2O3S. The summed E-state index contributed by atoms with van der Waals surface area (Å²) in [5, 5.41) is 9.21. The quantitative estimate of drug-likeness (QED) is 0.367. The zero-order valence-electron chi connectivity index (χ0n) is 16.6. The number of nitrogens with two attached hydrogens (primary N) is 1. The van der Waals surface area contributed by atoms with Crippen molar-refractivity contribution in [2.45, 2.75) is 24.5 Å². The monoisotopic (exact) mass is 544 g/mol. The van der Waals surface area contributed by atoms with Gasteiger partial charge in [0.25, 0.3) is 0 Å². The molecule has 3 N–H and O–H groups in total. The topological polar surface area (TPSA) is 81.4 Å². The molecule has 0 aliphatic rings. The third kappa shape index (κ3) is 8.11. The van der Waals surface area contributed by atoms with Gasteiger partial charge in [0.2, 0.25) is 10.0 Å². The number of benzene rings is 3. The summed E-state index contributed by atoms with van der Waals surface area (Å²) < 4.78 is 29.3. The molecule has 0 aliphatic carbocycles. The van der Waals surface area contributed by atoms with Crippen LogP contribution in [0.4, 0.5) is 0 Å². The molecule has 0 spiro atoms. The first-order valence-electron chi connectivity index (χ1n) is 9.29. The summed E-state index contributed by atoms with van der Waals surface area (Å²) in [5.41, 5.74) is 3.22. The Morgan fingerprint density at radius 2 is 1.55 bits per heavy atom. The third-order valence-corrected chi connectivity index (χ3v) is 6.28. The summed E-state index contributed by atoms with van der Waals surface area (Å²) in [7, 11) is -3.65. The molecule has 0 radical (unpaired) electrons. The van der Waals surface area contributed by atoms with E-state index in [-0.39, 0.29) is 17.3 Å². The minimum atomic E-state index is -3.65. The second-order valence-corrected chi connectivity index (χ2v) is 9.65. The largest absolute Gasteiger partial charge is 0.488 e. The third-order valence-electron chi connectivity index (χ3n) is 4.48. The minimum Gasteiger partial charge on any atom is -0.488 e. The normalized spacial score (nSPS) is 11.1. The first-order valence-corrected chi connectivity index (χ1v) is 12.0. The van der Waals surface area contributed by atoms with Gasteiger partial charge < -0.3 is 10.1 Å². The van der Waals surface area contributed by atoms with Gasteiger partial charge in [-0.15, -0.1) is 12.4 Å². The number of halogens is 3. The Labute approximate surface area is 202 Å². The van der Waals surface area contributed by atoms with E-state index in [2.05, 4.69) is 21.2 Å². The molecule has 0 unspecified atom stereocenters. The van der Waals surface area contributed by atoms with E-state index in [9.17, 15) is 8.42 Å². The predicted octanol–water partition coefficient (Wildman–Crippen LogP) is 5.08. The molecule has 5 nitrogen and oxygen atoms in total. The van der Waals surface area contributed by atoms with Crippen LogP contribution in [-0.4, -0.2) is 15.0 Å². The van der Waals surface area contributed by atoms with Gasteiger partial charge in [0.05, 0.1) is 9.37 Å². The van der Waals surface area contributed by atoms with Crippen LogP contribution in [-0.2, 0) is 29.6 Å². The Bertz CT molecular complexity index is 1090. The highest BCUT2D eigenvalue weighted by molar-refractivity contribution is 9.10. The van der Waals surface area contributed by atoms with Crippen LogP contribution in [0.25, 0.3) is 0 Å². The van der Waals surface area contributed by atoms with Crippen LogP contribution in [0.15, 0.2) is 76.1 Å². The standard InChI is InChI=1S/C22H22BrClN2O3S.ClH/c23-21-13-18(5-10-22(21)29-15-17-1-6-19(24)7-2-17)14-26-12-11-16-3-8-20(9-4-16)30(25,27)28;/h1-10,13,26H,11-12,14-15H2,(H2,25,27,28);1H. The summed E-state index contributed by atoms with van der Waals surface area (Å²) in [6.07, 6.45) is 0.786. The number of nitrogens with one attached hydrogen (secondary N) is 1. The Morgan fingerprint density at radius 3 is 2.16 bits per heavy atom. The summed E-state index contributed by atoms with van der Waals surface area (Å²) in [4.78, 5) is 0.127. The fraction of sp³-hybridized carbons (Fsp3) is 0.182. The molecule has 0 saturated carbocycles. The molecule has 0 atom stereocenters. The van der Waals surface area contributed by atoms with E-state index in [1.54, 1.807) is 12.1 Å². The lowest BCUT2D eigenvalue weighted by Gasteiger charge is -2.11. The van der Waals surface area contributed by atoms with E-state index >= 15 is 0 Å². The van der Waals surface area contributed by atoms with Gasteiger partial charge >= 0.3 is 0 Å². The Morgan fingerprint density at radius 1 is 0.935 bits per heavy atom. The van der Waals surface area contributed by atoms with Crippen LogP contribution in [0.2, 0.25) is 5.02 Å². The van der Waals surface area contributed by atoms with Crippen molar-refractivity contribution in [1.82, 2.24) is 5.32 Å². The summed E-state index contributed by atoms with van der Waals surface area (Å²) in [5.74, 6) is 0.781. The van der Waals surface area contributed by atoms with E-state index in [0.29, 0.717) is 18.2 Å². The maximum atomic E-state index is 11.3. The molecule has 9 heteroatoms. The van der Waals surface area contributed by atoms with Crippen LogP contribution in [0.3, 0.4) is 0 Å². The second kappa shape index (κ2) is 11.9. The van der Waals surface area contributed by atoms with Crippen molar-refractivity contribution in [1.29, 1.82) is 0 Å². The number of primary sulfonamides is 1. The molecule has 3 aromatic carbocycles. The first kappa shape index (κ1) is 25.6. The van der Waals surface area contributed by atoms with Crippen molar-refractivity contribution in [3.05, 3.63) is 92.9 Å². The average molecular weight is 546 g/mol. The zero-order valence-corrected chi connectivity index (χ0v) is 20.5. The average Bonchev–Trinajstić information content (AvgIpc) is 2.71. The van der Waals surface area contributed by atoms with Crippen molar-refractivity contribution in [2.24, 2.45) is 5.14 Å². The van der Waals surface area contributed by atoms with Crippen molar-refractivity contribution in [3.8, 4) is 5.75 Å². The number of hydrogen-bond donors (Lipinski definition) is 2. The Balaban J connectivity index is 0.00000341. The van der Waals surface area contributed by atoms with Gasteiger partial charge in [-0.2, -0.15) is 0 Å². The van der Waals surface area contributed by atoms with Crippen LogP contribution >= 0.6 is 39.9 Å². The molecule has 3 rings (SSSR count). The SMILES string of the molecule is Cl.NS(=O)(=O)c1ccc(CCNCc2ccc(OCc3ccc(Cl)cc3)c(Br)c2)cc1.